The minimum Gasteiger partial charge on any atom is -0.315 e. The Morgan fingerprint density at radius 2 is 1.91 bits per heavy atom. The molecule has 0 saturated carbocycles. The van der Waals surface area contributed by atoms with E-state index >= 15 is 4.39 Å². The Bertz CT molecular complexity index is 1360. The molecule has 2 aromatic heterocycles. The van der Waals surface area contributed by atoms with Gasteiger partial charge < -0.3 is 5.32 Å². The number of aryl methyl sites for hydroxylation is 2. The number of nitrogens with one attached hydrogen (secondary N) is 1. The monoisotopic (exact) mass is 455 g/mol. The molecule has 2 aromatic carbocycles. The Labute approximate surface area is 197 Å². The molecule has 6 nitrogen and oxygen atoms in total. The minimum atomic E-state index is -0.585. The fourth-order valence-corrected chi connectivity index (χ4v) is 4.72. The molecule has 0 unspecified atom stereocenters. The zero-order valence-corrected chi connectivity index (χ0v) is 19.3. The number of benzene rings is 2. The SMILES string of the molecule is Cc1nccnc1-c1ccc(C(=O)N(c2nccc3cccc(C)c23)[C@@H]2CCCNC2)c(F)c1. The van der Waals surface area contributed by atoms with Crippen LogP contribution in [0.5, 0.6) is 0 Å². The smallest absolute Gasteiger partial charge is 0.262 e. The van der Waals surface area contributed by atoms with Gasteiger partial charge in [0, 0.05) is 36.1 Å². The maximum atomic E-state index is 15.4. The second kappa shape index (κ2) is 9.27. The first-order valence-corrected chi connectivity index (χ1v) is 11.5. The van der Waals surface area contributed by atoms with E-state index in [1.165, 1.54) is 6.07 Å². The fourth-order valence-electron chi connectivity index (χ4n) is 4.72. The first kappa shape index (κ1) is 22.1. The second-order valence-electron chi connectivity index (χ2n) is 8.67. The molecule has 0 spiro atoms. The zero-order valence-electron chi connectivity index (χ0n) is 19.3. The highest BCUT2D eigenvalue weighted by Crippen LogP contribution is 2.32. The van der Waals surface area contributed by atoms with Crippen molar-refractivity contribution in [1.29, 1.82) is 0 Å². The Hall–Kier alpha value is -3.71. The number of fused-ring (bicyclic) bond motifs is 1. The number of amides is 1. The van der Waals surface area contributed by atoms with Crippen LogP contribution in [0.2, 0.25) is 0 Å². The van der Waals surface area contributed by atoms with E-state index in [2.05, 4.69) is 20.3 Å². The van der Waals surface area contributed by atoms with Crippen LogP contribution in [0.4, 0.5) is 10.2 Å². The maximum absolute atomic E-state index is 15.4. The molecule has 172 valence electrons. The molecule has 1 fully saturated rings. The van der Waals surface area contributed by atoms with Crippen LogP contribution in [0.15, 0.2) is 61.1 Å². The van der Waals surface area contributed by atoms with Gasteiger partial charge in [0.25, 0.3) is 5.91 Å². The maximum Gasteiger partial charge on any atom is 0.262 e. The van der Waals surface area contributed by atoms with Crippen molar-refractivity contribution in [3.63, 3.8) is 0 Å². The van der Waals surface area contributed by atoms with Crippen molar-refractivity contribution >= 4 is 22.5 Å². The number of carbonyl (C=O) groups excluding carboxylic acids is 1. The van der Waals surface area contributed by atoms with Crippen molar-refractivity contribution in [2.45, 2.75) is 32.7 Å². The van der Waals surface area contributed by atoms with Crippen molar-refractivity contribution in [3.8, 4) is 11.3 Å². The molecule has 1 N–H and O–H groups in total. The third kappa shape index (κ3) is 4.03. The molecule has 1 saturated heterocycles. The summed E-state index contributed by atoms with van der Waals surface area (Å²) in [5.74, 6) is -0.405. The average Bonchev–Trinajstić information content (AvgIpc) is 2.85. The van der Waals surface area contributed by atoms with Gasteiger partial charge in [-0.15, -0.1) is 0 Å². The van der Waals surface area contributed by atoms with Crippen molar-refractivity contribution in [3.05, 3.63) is 83.7 Å². The van der Waals surface area contributed by atoms with Gasteiger partial charge >= 0.3 is 0 Å². The molecular weight excluding hydrogens is 429 g/mol. The van der Waals surface area contributed by atoms with E-state index in [1.807, 2.05) is 38.1 Å². The van der Waals surface area contributed by atoms with Gasteiger partial charge in [-0.25, -0.2) is 9.37 Å². The van der Waals surface area contributed by atoms with Crippen molar-refractivity contribution in [1.82, 2.24) is 20.3 Å². The van der Waals surface area contributed by atoms with E-state index in [1.54, 1.807) is 35.6 Å². The molecule has 1 amide bonds. The van der Waals surface area contributed by atoms with Gasteiger partial charge in [-0.05, 0) is 62.4 Å². The number of aromatic nitrogens is 3. The average molecular weight is 456 g/mol. The summed E-state index contributed by atoms with van der Waals surface area (Å²) in [6, 6.07) is 12.5. The number of carbonyl (C=O) groups is 1. The zero-order chi connectivity index (χ0) is 23.7. The van der Waals surface area contributed by atoms with Gasteiger partial charge in [-0.2, -0.15) is 0 Å². The Kier molecular flexibility index (Phi) is 6.02. The number of hydrogen-bond acceptors (Lipinski definition) is 5. The summed E-state index contributed by atoms with van der Waals surface area (Å²) in [5.41, 5.74) is 2.93. The van der Waals surface area contributed by atoms with Crippen LogP contribution in [0, 0.1) is 19.7 Å². The first-order valence-electron chi connectivity index (χ1n) is 11.5. The second-order valence-corrected chi connectivity index (χ2v) is 8.67. The van der Waals surface area contributed by atoms with Crippen molar-refractivity contribution in [2.24, 2.45) is 0 Å². The third-order valence-corrected chi connectivity index (χ3v) is 6.42. The highest BCUT2D eigenvalue weighted by molar-refractivity contribution is 6.11. The number of nitrogens with zero attached hydrogens (tertiary/aromatic N) is 4. The molecule has 4 aromatic rings. The van der Waals surface area contributed by atoms with Gasteiger partial charge in [0.15, 0.2) is 0 Å². The lowest BCUT2D eigenvalue weighted by molar-refractivity contribution is 0.0968. The predicted molar refractivity (Wildman–Crippen MR) is 131 cm³/mol. The highest BCUT2D eigenvalue weighted by atomic mass is 19.1. The highest BCUT2D eigenvalue weighted by Gasteiger charge is 2.31. The molecule has 0 aliphatic carbocycles. The number of anilines is 1. The van der Waals surface area contributed by atoms with E-state index < -0.39 is 11.7 Å². The van der Waals surface area contributed by atoms with Crippen LogP contribution in [0.3, 0.4) is 0 Å². The van der Waals surface area contributed by atoms with E-state index in [9.17, 15) is 4.79 Å². The summed E-state index contributed by atoms with van der Waals surface area (Å²) in [5, 5.41) is 5.29. The van der Waals surface area contributed by atoms with Crippen molar-refractivity contribution < 1.29 is 9.18 Å². The summed E-state index contributed by atoms with van der Waals surface area (Å²) in [7, 11) is 0. The largest absolute Gasteiger partial charge is 0.315 e. The molecular formula is C27H26FN5O. The van der Waals surface area contributed by atoms with Crippen LogP contribution in [-0.4, -0.2) is 40.0 Å². The summed E-state index contributed by atoms with van der Waals surface area (Å²) in [6.07, 6.45) is 6.64. The van der Waals surface area contributed by atoms with Crippen LogP contribution >= 0.6 is 0 Å². The third-order valence-electron chi connectivity index (χ3n) is 6.42. The number of piperidine rings is 1. The van der Waals surface area contributed by atoms with Crippen LogP contribution in [-0.2, 0) is 0 Å². The van der Waals surface area contributed by atoms with Crippen molar-refractivity contribution in [2.75, 3.05) is 18.0 Å². The summed E-state index contributed by atoms with van der Waals surface area (Å²) < 4.78 is 15.4. The molecule has 3 heterocycles. The molecule has 7 heteroatoms. The predicted octanol–water partition coefficient (Wildman–Crippen LogP) is 4.85. The molecule has 1 aliphatic rings. The molecule has 34 heavy (non-hydrogen) atoms. The molecule has 5 rings (SSSR count). The van der Waals surface area contributed by atoms with Gasteiger partial charge in [-0.3, -0.25) is 19.7 Å². The molecule has 1 aliphatic heterocycles. The number of hydrogen-bond donors (Lipinski definition) is 1. The normalized spacial score (nSPS) is 15.9. The quantitative estimate of drug-likeness (QED) is 0.477. The number of halogens is 1. The van der Waals surface area contributed by atoms with Crippen LogP contribution < -0.4 is 10.2 Å². The summed E-state index contributed by atoms with van der Waals surface area (Å²) in [4.78, 5) is 28.8. The van der Waals surface area contributed by atoms with Crippen LogP contribution in [0.25, 0.3) is 22.0 Å². The molecule has 0 radical (unpaired) electrons. The van der Waals surface area contributed by atoms with E-state index in [-0.39, 0.29) is 11.6 Å². The lowest BCUT2D eigenvalue weighted by atomic mass is 10.0. The Morgan fingerprint density at radius 1 is 1.06 bits per heavy atom. The van der Waals surface area contributed by atoms with E-state index in [4.69, 9.17) is 0 Å². The van der Waals surface area contributed by atoms with Crippen LogP contribution in [0.1, 0.15) is 34.5 Å². The topological polar surface area (TPSA) is 71.0 Å². The molecule has 1 atom stereocenters. The summed E-state index contributed by atoms with van der Waals surface area (Å²) in [6.45, 7) is 5.37. The number of rotatable bonds is 4. The standard InChI is InChI=1S/C27H26FN5O/c1-17-5-3-6-19-10-12-32-26(24(17)19)33(21-7-4-11-29-16-21)27(34)22-9-8-20(15-23(22)28)25-18(2)30-13-14-31-25/h3,5-6,8-10,12-15,21,29H,4,7,11,16H2,1-2H3/t21-/m1/s1. The van der Waals surface area contributed by atoms with Gasteiger partial charge in [0.1, 0.15) is 11.6 Å². The van der Waals surface area contributed by atoms with Gasteiger partial charge in [-0.1, -0.05) is 24.3 Å². The lowest BCUT2D eigenvalue weighted by Gasteiger charge is -2.35. The number of pyridine rings is 1. The first-order chi connectivity index (χ1) is 16.5. The lowest BCUT2D eigenvalue weighted by Crippen LogP contribution is -2.49. The Morgan fingerprint density at radius 3 is 2.68 bits per heavy atom. The van der Waals surface area contributed by atoms with Gasteiger partial charge in [0.2, 0.25) is 0 Å². The molecule has 0 bridgehead atoms. The summed E-state index contributed by atoms with van der Waals surface area (Å²) >= 11 is 0. The van der Waals surface area contributed by atoms with E-state index in [0.717, 1.165) is 35.7 Å². The van der Waals surface area contributed by atoms with Gasteiger partial charge in [0.05, 0.1) is 23.0 Å². The minimum absolute atomic E-state index is 0.0169. The van der Waals surface area contributed by atoms with E-state index in [0.29, 0.717) is 29.3 Å². The fraction of sp³-hybridized carbons (Fsp3) is 0.259. The Balaban J connectivity index is 1.61.